The predicted octanol–water partition coefficient (Wildman–Crippen LogP) is 1.61. The molecular formula is C15H15NO3S2. The van der Waals surface area contributed by atoms with Crippen molar-refractivity contribution in [2.45, 2.75) is 11.3 Å². The van der Waals surface area contributed by atoms with Crippen LogP contribution in [0.3, 0.4) is 0 Å². The molecule has 21 heavy (non-hydrogen) atoms. The summed E-state index contributed by atoms with van der Waals surface area (Å²) in [5.41, 5.74) is 1.49. The Labute approximate surface area is 128 Å². The highest BCUT2D eigenvalue weighted by molar-refractivity contribution is 7.89. The van der Waals surface area contributed by atoms with Gasteiger partial charge in [0.25, 0.3) is 0 Å². The number of aliphatic hydroxyl groups excluding tert-OH is 1. The molecule has 0 saturated carbocycles. The van der Waals surface area contributed by atoms with Crippen molar-refractivity contribution < 1.29 is 13.5 Å². The molecule has 0 aliphatic carbocycles. The molecule has 1 aromatic carbocycles. The van der Waals surface area contributed by atoms with Gasteiger partial charge in [-0.05, 0) is 40.9 Å². The number of benzene rings is 1. The van der Waals surface area contributed by atoms with Crippen molar-refractivity contribution in [1.82, 2.24) is 4.72 Å². The number of sulfonamides is 1. The molecule has 2 rings (SSSR count). The van der Waals surface area contributed by atoms with E-state index in [1.807, 2.05) is 16.8 Å². The van der Waals surface area contributed by atoms with Crippen molar-refractivity contribution in [1.29, 1.82) is 0 Å². The van der Waals surface area contributed by atoms with Crippen molar-refractivity contribution >= 4 is 21.4 Å². The molecule has 0 aliphatic rings. The normalized spacial score (nSPS) is 10.9. The Bertz CT molecular complexity index is 741. The molecule has 2 N–H and O–H groups in total. The second-order valence-electron chi connectivity index (χ2n) is 4.24. The van der Waals surface area contributed by atoms with Crippen molar-refractivity contribution in [3.8, 4) is 11.8 Å². The molecule has 0 atom stereocenters. The monoisotopic (exact) mass is 321 g/mol. The van der Waals surface area contributed by atoms with E-state index in [9.17, 15) is 8.42 Å². The summed E-state index contributed by atoms with van der Waals surface area (Å²) in [5, 5.41) is 12.7. The SMILES string of the molecule is O=S(=O)(NCCc1ccsc1)c1ccccc1C#CCO. The third-order valence-electron chi connectivity index (χ3n) is 2.76. The summed E-state index contributed by atoms with van der Waals surface area (Å²) >= 11 is 1.59. The van der Waals surface area contributed by atoms with Gasteiger partial charge in [0, 0.05) is 12.1 Å². The van der Waals surface area contributed by atoms with E-state index in [0.717, 1.165) is 5.56 Å². The summed E-state index contributed by atoms with van der Waals surface area (Å²) in [4.78, 5) is 0.135. The van der Waals surface area contributed by atoms with E-state index in [0.29, 0.717) is 18.5 Å². The maximum absolute atomic E-state index is 12.3. The van der Waals surface area contributed by atoms with E-state index >= 15 is 0 Å². The summed E-state index contributed by atoms with van der Waals surface area (Å²) in [5.74, 6) is 5.13. The van der Waals surface area contributed by atoms with Gasteiger partial charge in [-0.2, -0.15) is 11.3 Å². The van der Waals surface area contributed by atoms with Crippen LogP contribution in [0.4, 0.5) is 0 Å². The zero-order chi connectivity index (χ0) is 15.1. The van der Waals surface area contributed by atoms with E-state index in [1.165, 1.54) is 6.07 Å². The zero-order valence-electron chi connectivity index (χ0n) is 11.2. The molecule has 2 aromatic rings. The average molecular weight is 321 g/mol. The second kappa shape index (κ2) is 7.38. The van der Waals surface area contributed by atoms with Crippen LogP contribution in [0.15, 0.2) is 46.0 Å². The highest BCUT2D eigenvalue weighted by atomic mass is 32.2. The molecule has 0 saturated heterocycles. The summed E-state index contributed by atoms with van der Waals surface area (Å²) < 4.78 is 27.2. The maximum atomic E-state index is 12.3. The van der Waals surface area contributed by atoms with Crippen molar-refractivity contribution in [2.24, 2.45) is 0 Å². The molecule has 4 nitrogen and oxygen atoms in total. The summed E-state index contributed by atoms with van der Waals surface area (Å²) in [6.45, 7) is 0.0286. The van der Waals surface area contributed by atoms with E-state index < -0.39 is 10.0 Å². The first-order valence-electron chi connectivity index (χ1n) is 6.33. The highest BCUT2D eigenvalue weighted by Crippen LogP contribution is 2.14. The molecule has 0 aliphatic heterocycles. The number of hydrogen-bond donors (Lipinski definition) is 2. The Kier molecular flexibility index (Phi) is 5.53. The van der Waals surface area contributed by atoms with E-state index in [1.54, 1.807) is 29.5 Å². The van der Waals surface area contributed by atoms with Crippen LogP contribution in [-0.4, -0.2) is 26.7 Å². The van der Waals surface area contributed by atoms with E-state index in [2.05, 4.69) is 16.6 Å². The first kappa shape index (κ1) is 15.7. The maximum Gasteiger partial charge on any atom is 0.241 e. The van der Waals surface area contributed by atoms with Gasteiger partial charge >= 0.3 is 0 Å². The molecule has 1 aromatic heterocycles. The van der Waals surface area contributed by atoms with Gasteiger partial charge in [-0.3, -0.25) is 0 Å². The van der Waals surface area contributed by atoms with Crippen LogP contribution < -0.4 is 4.72 Å². The van der Waals surface area contributed by atoms with Gasteiger partial charge < -0.3 is 5.11 Å². The minimum atomic E-state index is -3.61. The lowest BCUT2D eigenvalue weighted by Crippen LogP contribution is -2.26. The molecule has 6 heteroatoms. The fourth-order valence-electron chi connectivity index (χ4n) is 1.78. The van der Waals surface area contributed by atoms with Crippen molar-refractivity contribution in [3.63, 3.8) is 0 Å². The van der Waals surface area contributed by atoms with Gasteiger partial charge in [0.05, 0.1) is 4.90 Å². The molecule has 110 valence electrons. The molecule has 0 amide bonds. The van der Waals surface area contributed by atoms with Gasteiger partial charge in [0.2, 0.25) is 10.0 Å². The standard InChI is InChI=1S/C15H15NO3S2/c17-10-3-5-14-4-1-2-6-15(14)21(18,19)16-9-7-13-8-11-20-12-13/h1-2,4,6,8,11-12,16-17H,7,9-10H2. The fourth-order valence-corrected chi connectivity index (χ4v) is 3.68. The number of rotatable bonds is 5. The number of nitrogens with one attached hydrogen (secondary N) is 1. The first-order valence-corrected chi connectivity index (χ1v) is 8.75. The molecule has 1 heterocycles. The quantitative estimate of drug-likeness (QED) is 0.822. The van der Waals surface area contributed by atoms with Gasteiger partial charge in [-0.25, -0.2) is 13.1 Å². The van der Waals surface area contributed by atoms with Crippen LogP contribution in [0.25, 0.3) is 0 Å². The minimum absolute atomic E-state index is 0.135. The van der Waals surface area contributed by atoms with Crippen molar-refractivity contribution in [2.75, 3.05) is 13.2 Å². The zero-order valence-corrected chi connectivity index (χ0v) is 12.9. The van der Waals surface area contributed by atoms with E-state index in [4.69, 9.17) is 5.11 Å². The van der Waals surface area contributed by atoms with Gasteiger partial charge in [0.1, 0.15) is 6.61 Å². The summed E-state index contributed by atoms with van der Waals surface area (Å²) in [6.07, 6.45) is 0.646. The third-order valence-corrected chi connectivity index (χ3v) is 5.02. The second-order valence-corrected chi connectivity index (χ2v) is 6.75. The lowest BCUT2D eigenvalue weighted by molar-refractivity contribution is 0.350. The lowest BCUT2D eigenvalue weighted by Gasteiger charge is -2.08. The smallest absolute Gasteiger partial charge is 0.241 e. The predicted molar refractivity (Wildman–Crippen MR) is 83.6 cm³/mol. The molecule has 0 bridgehead atoms. The lowest BCUT2D eigenvalue weighted by atomic mass is 10.2. The third kappa shape index (κ3) is 4.41. The van der Waals surface area contributed by atoms with Gasteiger partial charge in [0.15, 0.2) is 0 Å². The Morgan fingerprint density at radius 2 is 2.05 bits per heavy atom. The van der Waals surface area contributed by atoms with Crippen LogP contribution in [0.5, 0.6) is 0 Å². The van der Waals surface area contributed by atoms with Gasteiger partial charge in [-0.1, -0.05) is 24.0 Å². The van der Waals surface area contributed by atoms with Crippen LogP contribution >= 0.6 is 11.3 Å². The summed E-state index contributed by atoms with van der Waals surface area (Å²) in [6, 6.07) is 8.47. The van der Waals surface area contributed by atoms with Crippen LogP contribution in [0.1, 0.15) is 11.1 Å². The average Bonchev–Trinajstić information content (AvgIpc) is 2.98. The fraction of sp³-hybridized carbons (Fsp3) is 0.200. The number of hydrogen-bond acceptors (Lipinski definition) is 4. The molecule has 0 fully saturated rings. The van der Waals surface area contributed by atoms with Crippen LogP contribution in [-0.2, 0) is 16.4 Å². The summed E-state index contributed by atoms with van der Waals surface area (Å²) in [7, 11) is -3.61. The van der Waals surface area contributed by atoms with E-state index in [-0.39, 0.29) is 11.5 Å². The van der Waals surface area contributed by atoms with Crippen LogP contribution in [0, 0.1) is 11.8 Å². The Morgan fingerprint density at radius 1 is 1.24 bits per heavy atom. The topological polar surface area (TPSA) is 66.4 Å². The van der Waals surface area contributed by atoms with Crippen LogP contribution in [0.2, 0.25) is 0 Å². The first-order chi connectivity index (χ1) is 10.1. The Hall–Kier alpha value is -1.65. The Morgan fingerprint density at radius 3 is 2.76 bits per heavy atom. The minimum Gasteiger partial charge on any atom is -0.384 e. The number of aliphatic hydroxyl groups is 1. The van der Waals surface area contributed by atoms with Gasteiger partial charge in [-0.15, -0.1) is 0 Å². The highest BCUT2D eigenvalue weighted by Gasteiger charge is 2.16. The number of thiophene rings is 1. The molecule has 0 unspecified atom stereocenters. The largest absolute Gasteiger partial charge is 0.384 e. The molecular weight excluding hydrogens is 306 g/mol. The molecule has 0 radical (unpaired) electrons. The van der Waals surface area contributed by atoms with Crippen molar-refractivity contribution in [3.05, 3.63) is 52.2 Å². The Balaban J connectivity index is 2.12. The molecule has 0 spiro atoms.